The van der Waals surface area contributed by atoms with Crippen LogP contribution >= 0.6 is 38.9 Å². The maximum absolute atomic E-state index is 10.4. The number of rotatable bonds is 8. The van der Waals surface area contributed by atoms with Crippen molar-refractivity contribution < 1.29 is 30.1 Å². The Bertz CT molecular complexity index is 1090. The maximum atomic E-state index is 10.4. The van der Waals surface area contributed by atoms with Crippen molar-refractivity contribution in [3.8, 4) is 0 Å². The van der Waals surface area contributed by atoms with Crippen molar-refractivity contribution in [2.24, 2.45) is 5.73 Å². The van der Waals surface area contributed by atoms with Crippen molar-refractivity contribution in [1.82, 2.24) is 5.32 Å². The molecule has 0 spiro atoms. The van der Waals surface area contributed by atoms with Crippen LogP contribution in [0.5, 0.6) is 0 Å². The largest absolute Gasteiger partial charge is 0.748 e. The molecule has 15 heteroatoms. The molecule has 0 aromatic heterocycles. The maximum Gasteiger partial charge on any atom is 0.339 e. The Kier molecular flexibility index (Phi) is 19.8. The van der Waals surface area contributed by atoms with E-state index in [9.17, 15) is 26.0 Å². The van der Waals surface area contributed by atoms with Gasteiger partial charge in [0.2, 0.25) is 0 Å². The Morgan fingerprint density at radius 3 is 1.81 bits per heavy atom. The fourth-order valence-electron chi connectivity index (χ4n) is 2.60. The van der Waals surface area contributed by atoms with Crippen LogP contribution in [0.25, 0.3) is 0 Å². The highest BCUT2D eigenvalue weighted by Gasteiger charge is 2.14. The molecule has 0 unspecified atom stereocenters. The summed E-state index contributed by atoms with van der Waals surface area (Å²) in [4.78, 5) is 0. The van der Waals surface area contributed by atoms with Crippen LogP contribution in [-0.2, 0) is 42.1 Å². The van der Waals surface area contributed by atoms with E-state index in [0.717, 1.165) is 25.9 Å². The van der Waals surface area contributed by atoms with Gasteiger partial charge in [-0.3, -0.25) is 8.75 Å². The summed E-state index contributed by atoms with van der Waals surface area (Å²) in [5.74, 6) is -0.0625. The zero-order valence-corrected chi connectivity index (χ0v) is 25.0. The lowest BCUT2D eigenvalue weighted by atomic mass is 10.2. The van der Waals surface area contributed by atoms with Gasteiger partial charge in [0.25, 0.3) is 10.1 Å². The molecule has 1 aliphatic rings. The molecule has 0 atom stereocenters. The van der Waals surface area contributed by atoms with Crippen LogP contribution < -0.4 is 11.1 Å². The predicted octanol–water partition coefficient (Wildman–Crippen LogP) is 5.18. The van der Waals surface area contributed by atoms with Crippen LogP contribution in [0.1, 0.15) is 36.8 Å². The van der Waals surface area contributed by atoms with Crippen molar-refractivity contribution >= 4 is 59.2 Å². The first-order valence-corrected chi connectivity index (χ1v) is 18.8. The van der Waals surface area contributed by atoms with E-state index >= 15 is 0 Å². The minimum atomic E-state index is -4.04. The van der Waals surface area contributed by atoms with Gasteiger partial charge in [0.05, 0.1) is 22.5 Å². The van der Waals surface area contributed by atoms with Crippen LogP contribution in [-0.4, -0.2) is 46.0 Å². The number of hydrogen-bond donors (Lipinski definition) is 2. The van der Waals surface area contributed by atoms with Crippen LogP contribution in [0, 0.1) is 0 Å². The van der Waals surface area contributed by atoms with E-state index in [1.54, 1.807) is 0 Å². The second-order valence-electron chi connectivity index (χ2n) is 7.51. The second-order valence-corrected chi connectivity index (χ2v) is 17.4. The monoisotopic (exact) mass is 637 g/mol. The Morgan fingerprint density at radius 2 is 1.46 bits per heavy atom. The molecule has 37 heavy (non-hydrogen) atoms. The zero-order chi connectivity index (χ0) is 28.2. The van der Waals surface area contributed by atoms with Gasteiger partial charge in [-0.25, -0.2) is 8.42 Å². The van der Waals surface area contributed by atoms with Gasteiger partial charge in [-0.15, -0.1) is 0 Å². The highest BCUT2D eigenvalue weighted by atomic mass is 36.0. The Labute approximate surface area is 234 Å². The van der Waals surface area contributed by atoms with Gasteiger partial charge in [0, 0.05) is 18.8 Å². The van der Waals surface area contributed by atoms with Crippen molar-refractivity contribution in [2.75, 3.05) is 24.7 Å². The summed E-state index contributed by atoms with van der Waals surface area (Å²) >= 11 is 13.8. The third-order valence-corrected chi connectivity index (χ3v) is 6.40. The third-order valence-electron chi connectivity index (χ3n) is 4.30. The molecule has 2 aromatic rings. The number of benzene rings is 2. The molecular formula is C22H33Cl3N2O7PS2-. The van der Waals surface area contributed by atoms with Crippen LogP contribution in [0.3, 0.4) is 0 Å². The van der Waals surface area contributed by atoms with Gasteiger partial charge < -0.3 is 15.6 Å². The summed E-state index contributed by atoms with van der Waals surface area (Å²) < 4.78 is 65.7. The Balaban J connectivity index is 0.000000518. The van der Waals surface area contributed by atoms with E-state index < -0.39 is 25.4 Å². The van der Waals surface area contributed by atoms with Gasteiger partial charge in [-0.05, 0) is 77.1 Å². The molecule has 9 nitrogen and oxygen atoms in total. The smallest absolute Gasteiger partial charge is 0.339 e. The fourth-order valence-corrected chi connectivity index (χ4v) is 4.20. The molecule has 1 saturated heterocycles. The van der Waals surface area contributed by atoms with Crippen molar-refractivity contribution in [1.29, 1.82) is 0 Å². The minimum absolute atomic E-state index is 0.201. The first kappa shape index (κ1) is 36.3. The summed E-state index contributed by atoms with van der Waals surface area (Å²) in [6.45, 7) is 2.51. The van der Waals surface area contributed by atoms with Crippen molar-refractivity contribution in [2.45, 2.75) is 38.8 Å². The second kappa shape index (κ2) is 20.2. The van der Waals surface area contributed by atoms with E-state index in [1.165, 1.54) is 11.1 Å². The predicted molar refractivity (Wildman–Crippen MR) is 150 cm³/mol. The lowest BCUT2D eigenvalue weighted by molar-refractivity contribution is 0.292. The summed E-state index contributed by atoms with van der Waals surface area (Å²) in [5.41, 5.74) is 7.73. The lowest BCUT2D eigenvalue weighted by Gasteiger charge is -2.09. The zero-order valence-electron chi connectivity index (χ0n) is 20.2. The first-order chi connectivity index (χ1) is 17.2. The molecule has 1 aliphatic heterocycles. The van der Waals surface area contributed by atoms with E-state index in [-0.39, 0.29) is 11.5 Å². The molecule has 1 fully saturated rings. The molecule has 0 bridgehead atoms. The van der Waals surface area contributed by atoms with E-state index in [0.29, 0.717) is 26.0 Å². The molecule has 0 saturated carbocycles. The highest BCUT2D eigenvalue weighted by Crippen LogP contribution is 2.61. The molecular weight excluding hydrogens is 606 g/mol. The minimum Gasteiger partial charge on any atom is -0.748 e. The van der Waals surface area contributed by atoms with Crippen LogP contribution in [0.15, 0.2) is 60.7 Å². The van der Waals surface area contributed by atoms with Gasteiger partial charge in [0.15, 0.2) is 0 Å². The summed E-state index contributed by atoms with van der Waals surface area (Å²) in [6.07, 6.45) is 2.75. The number of halogens is 3. The molecule has 212 valence electrons. The SMILES string of the molecule is NCc1ccccc1.O=P(Cl)(Cl)Cl.O=S(=O)([O-])CCCCNCc1ccccc1.O=S1(=O)CCCCO1. The normalized spacial score (nSPS) is 14.5. The van der Waals surface area contributed by atoms with E-state index in [1.807, 2.05) is 60.7 Å². The topological polar surface area (TPSA) is 156 Å². The first-order valence-electron chi connectivity index (χ1n) is 11.2. The van der Waals surface area contributed by atoms with Crippen LogP contribution in [0.2, 0.25) is 0 Å². The number of unbranched alkanes of at least 4 members (excludes halogenated alkanes) is 1. The molecule has 3 N–H and O–H groups in total. The summed E-state index contributed by atoms with van der Waals surface area (Å²) in [7, 11) is -7.12. The molecule has 3 rings (SSSR count). The van der Waals surface area contributed by atoms with E-state index in [2.05, 4.69) is 43.2 Å². The molecule has 2 aromatic carbocycles. The summed E-state index contributed by atoms with van der Waals surface area (Å²) in [5, 5.41) is -0.0312. The van der Waals surface area contributed by atoms with Gasteiger partial charge in [-0.1, -0.05) is 60.7 Å². The fraction of sp³-hybridized carbons (Fsp3) is 0.455. The van der Waals surface area contributed by atoms with Gasteiger partial charge >= 0.3 is 5.20 Å². The number of nitrogens with one attached hydrogen (secondary N) is 1. The van der Waals surface area contributed by atoms with Crippen molar-refractivity contribution in [3.63, 3.8) is 0 Å². The average molecular weight is 639 g/mol. The van der Waals surface area contributed by atoms with E-state index in [4.69, 9.17) is 5.73 Å². The van der Waals surface area contributed by atoms with Gasteiger partial charge in [-0.2, -0.15) is 8.42 Å². The molecule has 0 radical (unpaired) electrons. The van der Waals surface area contributed by atoms with Crippen LogP contribution in [0.4, 0.5) is 0 Å². The van der Waals surface area contributed by atoms with Crippen molar-refractivity contribution in [3.05, 3.63) is 71.8 Å². The third kappa shape index (κ3) is 28.1. The lowest BCUT2D eigenvalue weighted by Crippen LogP contribution is -2.17. The Morgan fingerprint density at radius 1 is 0.946 bits per heavy atom. The number of hydrogen-bond acceptors (Lipinski definition) is 9. The molecule has 1 heterocycles. The van der Waals surface area contributed by atoms with Gasteiger partial charge in [0.1, 0.15) is 0 Å². The average Bonchev–Trinajstić information content (AvgIpc) is 2.81. The summed E-state index contributed by atoms with van der Waals surface area (Å²) in [6, 6.07) is 19.9. The highest BCUT2D eigenvalue weighted by molar-refractivity contribution is 8.24. The number of nitrogens with two attached hydrogens (primary N) is 1. The quantitative estimate of drug-likeness (QED) is 0.172. The molecule has 0 amide bonds. The Hall–Kier alpha value is -0.720. The standard InChI is InChI=1S/C11H17NO3S.C7H9N.C4H8O3S.Cl3OP/c13-16(14,15)9-5-4-8-12-10-11-6-2-1-3-7-11;8-6-7-4-2-1-3-5-7;5-8(6)4-2-1-3-7-8;1-5(2,3)4/h1-3,6-7,12H,4-5,8-10H2,(H,13,14,15);1-5H,6,8H2;1-4H2;/p-1. The molecule has 0 aliphatic carbocycles.